The molecule has 2 nitrogen and oxygen atoms in total. The van der Waals surface area contributed by atoms with Gasteiger partial charge >= 0.3 is 0 Å². The Bertz CT molecular complexity index is 151. The van der Waals surface area contributed by atoms with E-state index >= 15 is 0 Å². The van der Waals surface area contributed by atoms with E-state index in [0.717, 1.165) is 12.0 Å². The normalized spacial score (nSPS) is 17.8. The van der Waals surface area contributed by atoms with Crippen molar-refractivity contribution in [1.82, 2.24) is 0 Å². The maximum Gasteiger partial charge on any atom is 0.174 e. The average molecular weight is 127 g/mol. The fourth-order valence-electron chi connectivity index (χ4n) is 0.404. The second-order valence-corrected chi connectivity index (χ2v) is 2.32. The van der Waals surface area contributed by atoms with E-state index in [9.17, 15) is 4.79 Å². The third-order valence-corrected chi connectivity index (χ3v) is 1.59. The Morgan fingerprint density at radius 1 is 1.88 bits per heavy atom. The molecule has 0 unspecified atom stereocenters. The van der Waals surface area contributed by atoms with E-state index < -0.39 is 0 Å². The molecule has 1 rings (SSSR count). The summed E-state index contributed by atoms with van der Waals surface area (Å²) in [6.45, 7) is 0. The predicted octanol–water partition coefficient (Wildman–Crippen LogP) is 0.844. The van der Waals surface area contributed by atoms with Crippen LogP contribution in [-0.4, -0.2) is 17.1 Å². The molecule has 0 saturated carbocycles. The maximum absolute atomic E-state index is 9.97. The largest absolute Gasteiger partial charge is 0.296 e. The van der Waals surface area contributed by atoms with Gasteiger partial charge in [0.1, 0.15) is 5.04 Å². The van der Waals surface area contributed by atoms with Crippen LogP contribution in [0, 0.1) is 0 Å². The van der Waals surface area contributed by atoms with Crippen LogP contribution in [0.25, 0.3) is 0 Å². The SMILES string of the molecule is O=CC1=NC=CCS1. The molecule has 0 bridgehead atoms. The van der Waals surface area contributed by atoms with Gasteiger partial charge in [-0.15, -0.1) is 0 Å². The van der Waals surface area contributed by atoms with Gasteiger partial charge in [-0.25, -0.2) is 4.99 Å². The molecule has 42 valence electrons. The first-order chi connectivity index (χ1) is 3.93. The summed E-state index contributed by atoms with van der Waals surface area (Å²) < 4.78 is 0. The number of rotatable bonds is 1. The average Bonchev–Trinajstić information content (AvgIpc) is 1.90. The number of aldehydes is 1. The Hall–Kier alpha value is -0.570. The van der Waals surface area contributed by atoms with Crippen LogP contribution in [0.4, 0.5) is 0 Å². The first-order valence-electron chi connectivity index (χ1n) is 2.24. The molecular formula is C5H5NOS. The lowest BCUT2D eigenvalue weighted by Gasteiger charge is -1.96. The van der Waals surface area contributed by atoms with Crippen molar-refractivity contribution < 1.29 is 4.79 Å². The van der Waals surface area contributed by atoms with Gasteiger partial charge in [0, 0.05) is 12.0 Å². The molecule has 0 radical (unpaired) electrons. The molecule has 0 spiro atoms. The molecule has 0 N–H and O–H groups in total. The van der Waals surface area contributed by atoms with E-state index in [4.69, 9.17) is 0 Å². The molecular weight excluding hydrogens is 122 g/mol. The molecule has 0 saturated heterocycles. The van der Waals surface area contributed by atoms with Gasteiger partial charge in [-0.1, -0.05) is 17.8 Å². The topological polar surface area (TPSA) is 29.4 Å². The molecule has 8 heavy (non-hydrogen) atoms. The van der Waals surface area contributed by atoms with Gasteiger partial charge in [0.25, 0.3) is 0 Å². The zero-order chi connectivity index (χ0) is 5.82. The number of carbonyl (C=O) groups is 1. The summed E-state index contributed by atoms with van der Waals surface area (Å²) in [5, 5.41) is 0.576. The van der Waals surface area contributed by atoms with E-state index in [1.54, 1.807) is 6.20 Å². The second kappa shape index (κ2) is 2.67. The quantitative estimate of drug-likeness (QED) is 0.488. The van der Waals surface area contributed by atoms with Crippen molar-refractivity contribution in [2.75, 3.05) is 5.75 Å². The monoisotopic (exact) mass is 127 g/mol. The Labute approximate surface area is 51.7 Å². The summed E-state index contributed by atoms with van der Waals surface area (Å²) >= 11 is 1.46. The van der Waals surface area contributed by atoms with Crippen LogP contribution in [0.3, 0.4) is 0 Å². The van der Waals surface area contributed by atoms with Crippen LogP contribution in [0.15, 0.2) is 17.3 Å². The molecule has 0 atom stereocenters. The Morgan fingerprint density at radius 2 is 2.75 bits per heavy atom. The van der Waals surface area contributed by atoms with Crippen molar-refractivity contribution >= 4 is 23.1 Å². The first kappa shape index (κ1) is 5.56. The van der Waals surface area contributed by atoms with E-state index in [2.05, 4.69) is 4.99 Å². The van der Waals surface area contributed by atoms with Gasteiger partial charge in [-0.05, 0) is 0 Å². The molecule has 1 aliphatic heterocycles. The Kier molecular flexibility index (Phi) is 1.86. The van der Waals surface area contributed by atoms with E-state index in [0.29, 0.717) is 5.04 Å². The van der Waals surface area contributed by atoms with Crippen molar-refractivity contribution in [2.24, 2.45) is 4.99 Å². The standard InChI is InChI=1S/C5H5NOS/c7-4-5-6-2-1-3-8-5/h1-2,4H,3H2. The first-order valence-corrected chi connectivity index (χ1v) is 3.23. The fourth-order valence-corrected chi connectivity index (χ4v) is 0.961. The van der Waals surface area contributed by atoms with Gasteiger partial charge in [0.05, 0.1) is 0 Å². The molecule has 0 fully saturated rings. The summed E-state index contributed by atoms with van der Waals surface area (Å²) in [5.41, 5.74) is 0. The van der Waals surface area contributed by atoms with Crippen molar-refractivity contribution in [3.63, 3.8) is 0 Å². The third-order valence-electron chi connectivity index (χ3n) is 0.735. The van der Waals surface area contributed by atoms with Crippen LogP contribution < -0.4 is 0 Å². The predicted molar refractivity (Wildman–Crippen MR) is 35.1 cm³/mol. The summed E-state index contributed by atoms with van der Waals surface area (Å²) in [6, 6.07) is 0. The highest BCUT2D eigenvalue weighted by atomic mass is 32.2. The van der Waals surface area contributed by atoms with E-state index in [1.807, 2.05) is 6.08 Å². The number of hydrogen-bond donors (Lipinski definition) is 0. The number of aliphatic imine (C=N–C) groups is 1. The molecule has 0 amide bonds. The molecule has 1 heterocycles. The highest BCUT2D eigenvalue weighted by Gasteiger charge is 1.96. The number of nitrogens with zero attached hydrogens (tertiary/aromatic N) is 1. The molecule has 0 aromatic rings. The van der Waals surface area contributed by atoms with Crippen LogP contribution in [0.5, 0.6) is 0 Å². The third kappa shape index (κ3) is 1.20. The van der Waals surface area contributed by atoms with Gasteiger partial charge in [-0.2, -0.15) is 0 Å². The minimum Gasteiger partial charge on any atom is -0.296 e. The maximum atomic E-state index is 9.97. The van der Waals surface area contributed by atoms with Crippen LogP contribution in [0.1, 0.15) is 0 Å². The van der Waals surface area contributed by atoms with Crippen molar-refractivity contribution in [1.29, 1.82) is 0 Å². The summed E-state index contributed by atoms with van der Waals surface area (Å²) in [6.07, 6.45) is 4.34. The lowest BCUT2D eigenvalue weighted by Crippen LogP contribution is -1.95. The summed E-state index contributed by atoms with van der Waals surface area (Å²) in [5.74, 6) is 0.873. The van der Waals surface area contributed by atoms with Gasteiger partial charge in [-0.3, -0.25) is 4.79 Å². The Morgan fingerprint density at radius 3 is 3.12 bits per heavy atom. The zero-order valence-electron chi connectivity index (χ0n) is 4.20. The fraction of sp³-hybridized carbons (Fsp3) is 0.200. The van der Waals surface area contributed by atoms with Gasteiger partial charge in [0.15, 0.2) is 6.29 Å². The molecule has 0 aromatic heterocycles. The molecule has 0 aromatic carbocycles. The Balaban J connectivity index is 2.63. The second-order valence-electron chi connectivity index (χ2n) is 1.28. The minimum absolute atomic E-state index is 0.576. The lowest BCUT2D eigenvalue weighted by molar-refractivity contribution is -0.102. The summed E-state index contributed by atoms with van der Waals surface area (Å²) in [4.78, 5) is 13.8. The van der Waals surface area contributed by atoms with Crippen LogP contribution in [-0.2, 0) is 4.79 Å². The van der Waals surface area contributed by atoms with Crippen molar-refractivity contribution in [3.8, 4) is 0 Å². The lowest BCUT2D eigenvalue weighted by atomic mass is 10.7. The highest BCUT2D eigenvalue weighted by molar-refractivity contribution is 8.15. The molecule has 1 aliphatic rings. The number of thioether (sulfide) groups is 1. The summed E-state index contributed by atoms with van der Waals surface area (Å²) in [7, 11) is 0. The number of hydrogen-bond acceptors (Lipinski definition) is 3. The van der Waals surface area contributed by atoms with E-state index in [1.165, 1.54) is 11.8 Å². The zero-order valence-corrected chi connectivity index (χ0v) is 5.02. The number of carbonyl (C=O) groups excluding carboxylic acids is 1. The molecule has 0 aliphatic carbocycles. The van der Waals surface area contributed by atoms with Crippen LogP contribution in [0.2, 0.25) is 0 Å². The van der Waals surface area contributed by atoms with Crippen LogP contribution >= 0.6 is 11.8 Å². The van der Waals surface area contributed by atoms with Gasteiger partial charge in [0.2, 0.25) is 0 Å². The van der Waals surface area contributed by atoms with Crippen molar-refractivity contribution in [2.45, 2.75) is 0 Å². The smallest absolute Gasteiger partial charge is 0.174 e. The highest BCUT2D eigenvalue weighted by Crippen LogP contribution is 2.06. The molecule has 3 heteroatoms. The van der Waals surface area contributed by atoms with Crippen molar-refractivity contribution in [3.05, 3.63) is 12.3 Å². The van der Waals surface area contributed by atoms with Gasteiger partial charge < -0.3 is 0 Å². The van der Waals surface area contributed by atoms with E-state index in [-0.39, 0.29) is 0 Å². The minimum atomic E-state index is 0.576.